The van der Waals surface area contributed by atoms with E-state index < -0.39 is 6.16 Å². The summed E-state index contributed by atoms with van der Waals surface area (Å²) in [5, 5.41) is 0. The summed E-state index contributed by atoms with van der Waals surface area (Å²) >= 11 is 0. The lowest BCUT2D eigenvalue weighted by Gasteiger charge is -2.14. The van der Waals surface area contributed by atoms with Crippen LogP contribution in [-0.2, 0) is 4.74 Å². The van der Waals surface area contributed by atoms with Gasteiger partial charge in [0.2, 0.25) is 0 Å². The van der Waals surface area contributed by atoms with Crippen molar-refractivity contribution in [3.05, 3.63) is 29.6 Å². The van der Waals surface area contributed by atoms with Crippen LogP contribution in [0.5, 0.6) is 5.75 Å². The predicted molar refractivity (Wildman–Crippen MR) is 60.6 cm³/mol. The van der Waals surface area contributed by atoms with E-state index in [4.69, 9.17) is 4.74 Å². The average Bonchev–Trinajstić information content (AvgIpc) is 2.84. The highest BCUT2D eigenvalue weighted by molar-refractivity contribution is 5.64. The second kappa shape index (κ2) is 5.17. The van der Waals surface area contributed by atoms with Gasteiger partial charge in [-0.1, -0.05) is 12.8 Å². The third kappa shape index (κ3) is 2.75. The van der Waals surface area contributed by atoms with Crippen LogP contribution in [0.25, 0.3) is 0 Å². The fraction of sp³-hybridized carbons (Fsp3) is 0.462. The maximum absolute atomic E-state index is 13.2. The van der Waals surface area contributed by atoms with Crippen LogP contribution in [0.3, 0.4) is 0 Å². The van der Waals surface area contributed by atoms with Gasteiger partial charge in [0.05, 0.1) is 7.11 Å². The van der Waals surface area contributed by atoms with Gasteiger partial charge in [-0.2, -0.15) is 0 Å². The Kier molecular flexibility index (Phi) is 3.61. The van der Waals surface area contributed by atoms with Crippen LogP contribution >= 0.6 is 0 Å². The molecule has 1 aliphatic carbocycles. The molecule has 0 radical (unpaired) electrons. The van der Waals surface area contributed by atoms with Crippen LogP contribution in [0, 0.1) is 5.82 Å². The fourth-order valence-electron chi connectivity index (χ4n) is 2.30. The van der Waals surface area contributed by atoms with Crippen molar-refractivity contribution >= 4 is 6.16 Å². The monoisotopic (exact) mass is 238 g/mol. The fourth-order valence-corrected chi connectivity index (χ4v) is 2.30. The molecule has 0 bridgehead atoms. The summed E-state index contributed by atoms with van der Waals surface area (Å²) in [5.41, 5.74) is 0.771. The molecule has 0 aromatic heterocycles. The van der Waals surface area contributed by atoms with Crippen LogP contribution in [-0.4, -0.2) is 13.3 Å². The van der Waals surface area contributed by atoms with Crippen molar-refractivity contribution in [3.63, 3.8) is 0 Å². The lowest BCUT2D eigenvalue weighted by atomic mass is 9.96. The van der Waals surface area contributed by atoms with Gasteiger partial charge >= 0.3 is 6.16 Å². The molecule has 0 amide bonds. The zero-order valence-electron chi connectivity index (χ0n) is 9.74. The first-order valence-electron chi connectivity index (χ1n) is 5.76. The number of carbonyl (C=O) groups excluding carboxylic acids is 1. The molecule has 1 aromatic carbocycles. The van der Waals surface area contributed by atoms with Crippen molar-refractivity contribution < 1.29 is 18.7 Å². The quantitative estimate of drug-likeness (QED) is 0.583. The first-order valence-corrected chi connectivity index (χ1v) is 5.76. The van der Waals surface area contributed by atoms with Gasteiger partial charge in [-0.05, 0) is 37.0 Å². The van der Waals surface area contributed by atoms with E-state index in [1.807, 2.05) is 0 Å². The standard InChI is InChI=1S/C13H15FO3/c1-16-13(15)17-12-7-6-10(14)8-11(12)9-4-2-3-5-9/h6-9H,2-5H2,1H3. The second-order valence-electron chi connectivity index (χ2n) is 4.22. The molecular weight excluding hydrogens is 223 g/mol. The highest BCUT2D eigenvalue weighted by Gasteiger charge is 2.22. The maximum Gasteiger partial charge on any atom is 0.513 e. The molecule has 17 heavy (non-hydrogen) atoms. The highest BCUT2D eigenvalue weighted by Crippen LogP contribution is 2.39. The van der Waals surface area contributed by atoms with E-state index >= 15 is 0 Å². The molecule has 2 rings (SSSR count). The third-order valence-corrected chi connectivity index (χ3v) is 3.13. The Labute approximate surface area is 99.5 Å². The number of ether oxygens (including phenoxy) is 2. The number of rotatable bonds is 2. The summed E-state index contributed by atoms with van der Waals surface area (Å²) in [4.78, 5) is 11.1. The van der Waals surface area contributed by atoms with E-state index in [1.54, 1.807) is 0 Å². The van der Waals surface area contributed by atoms with E-state index in [0.29, 0.717) is 5.75 Å². The second-order valence-corrected chi connectivity index (χ2v) is 4.22. The SMILES string of the molecule is COC(=O)Oc1ccc(F)cc1C1CCCC1. The summed E-state index contributed by atoms with van der Waals surface area (Å²) in [6, 6.07) is 4.23. The van der Waals surface area contributed by atoms with Gasteiger partial charge in [0.25, 0.3) is 0 Å². The molecule has 92 valence electrons. The van der Waals surface area contributed by atoms with E-state index in [-0.39, 0.29) is 11.7 Å². The van der Waals surface area contributed by atoms with Crippen LogP contribution < -0.4 is 4.74 Å². The van der Waals surface area contributed by atoms with Crippen LogP contribution in [0.15, 0.2) is 18.2 Å². The summed E-state index contributed by atoms with van der Waals surface area (Å²) in [5.74, 6) is 0.389. The van der Waals surface area contributed by atoms with Crippen LogP contribution in [0.2, 0.25) is 0 Å². The molecule has 0 saturated heterocycles. The van der Waals surface area contributed by atoms with Crippen molar-refractivity contribution in [1.82, 2.24) is 0 Å². The van der Waals surface area contributed by atoms with E-state index in [0.717, 1.165) is 31.2 Å². The topological polar surface area (TPSA) is 35.5 Å². The number of halogens is 1. The molecule has 0 unspecified atom stereocenters. The largest absolute Gasteiger partial charge is 0.513 e. The molecule has 0 aliphatic heterocycles. The molecule has 0 atom stereocenters. The predicted octanol–water partition coefficient (Wildman–Crippen LogP) is 3.63. The number of hydrogen-bond acceptors (Lipinski definition) is 3. The van der Waals surface area contributed by atoms with Crippen LogP contribution in [0.4, 0.5) is 9.18 Å². The van der Waals surface area contributed by atoms with Crippen molar-refractivity contribution in [2.24, 2.45) is 0 Å². The number of hydrogen-bond donors (Lipinski definition) is 0. The van der Waals surface area contributed by atoms with Crippen molar-refractivity contribution in [2.45, 2.75) is 31.6 Å². The summed E-state index contributed by atoms with van der Waals surface area (Å²) < 4.78 is 22.7. The third-order valence-electron chi connectivity index (χ3n) is 3.13. The van der Waals surface area contributed by atoms with Crippen LogP contribution in [0.1, 0.15) is 37.2 Å². The zero-order valence-corrected chi connectivity index (χ0v) is 9.74. The Hall–Kier alpha value is -1.58. The summed E-state index contributed by atoms with van der Waals surface area (Å²) in [6.07, 6.45) is 3.54. The van der Waals surface area contributed by atoms with Gasteiger partial charge in [0.1, 0.15) is 11.6 Å². The van der Waals surface area contributed by atoms with Crippen molar-refractivity contribution in [2.75, 3.05) is 7.11 Å². The molecule has 4 heteroatoms. The first kappa shape index (κ1) is 11.9. The number of benzene rings is 1. The van der Waals surface area contributed by atoms with E-state index in [9.17, 15) is 9.18 Å². The lowest BCUT2D eigenvalue weighted by molar-refractivity contribution is 0.121. The molecule has 0 N–H and O–H groups in total. The Morgan fingerprint density at radius 1 is 1.35 bits per heavy atom. The van der Waals surface area contributed by atoms with Gasteiger partial charge in [-0.25, -0.2) is 9.18 Å². The van der Waals surface area contributed by atoms with Gasteiger partial charge in [-0.3, -0.25) is 0 Å². The van der Waals surface area contributed by atoms with Crippen molar-refractivity contribution in [3.8, 4) is 5.75 Å². The highest BCUT2D eigenvalue weighted by atomic mass is 19.1. The molecule has 0 spiro atoms. The Morgan fingerprint density at radius 3 is 2.71 bits per heavy atom. The molecule has 1 aliphatic rings. The smallest absolute Gasteiger partial charge is 0.437 e. The zero-order chi connectivity index (χ0) is 12.3. The minimum absolute atomic E-state index is 0.283. The number of carbonyl (C=O) groups is 1. The van der Waals surface area contributed by atoms with Gasteiger partial charge < -0.3 is 9.47 Å². The molecular formula is C13H15FO3. The maximum atomic E-state index is 13.2. The minimum atomic E-state index is -0.768. The Bertz CT molecular complexity index is 411. The van der Waals surface area contributed by atoms with E-state index in [2.05, 4.69) is 4.74 Å². The Morgan fingerprint density at radius 2 is 2.06 bits per heavy atom. The molecule has 1 aromatic rings. The number of methoxy groups -OCH3 is 1. The Balaban J connectivity index is 2.26. The van der Waals surface area contributed by atoms with E-state index in [1.165, 1.54) is 25.3 Å². The molecule has 3 nitrogen and oxygen atoms in total. The summed E-state index contributed by atoms with van der Waals surface area (Å²) in [6.45, 7) is 0. The van der Waals surface area contributed by atoms with Gasteiger partial charge in [0, 0.05) is 5.56 Å². The molecule has 0 heterocycles. The van der Waals surface area contributed by atoms with Gasteiger partial charge in [-0.15, -0.1) is 0 Å². The lowest BCUT2D eigenvalue weighted by Crippen LogP contribution is -2.10. The summed E-state index contributed by atoms with van der Waals surface area (Å²) in [7, 11) is 1.25. The molecule has 1 saturated carbocycles. The minimum Gasteiger partial charge on any atom is -0.437 e. The average molecular weight is 238 g/mol. The van der Waals surface area contributed by atoms with Crippen molar-refractivity contribution in [1.29, 1.82) is 0 Å². The first-order chi connectivity index (χ1) is 8.20. The van der Waals surface area contributed by atoms with Gasteiger partial charge in [0.15, 0.2) is 0 Å². The normalized spacial score (nSPS) is 15.9. The molecule has 1 fully saturated rings.